The normalized spacial score (nSPS) is 10.3. The molecule has 0 aliphatic rings. The molecule has 0 radical (unpaired) electrons. The number of thiol groups is 1. The first-order valence-electron chi connectivity index (χ1n) is 3.95. The van der Waals surface area contributed by atoms with E-state index in [-0.39, 0.29) is 11.4 Å². The fourth-order valence-electron chi connectivity index (χ4n) is 1.07. The highest BCUT2D eigenvalue weighted by Crippen LogP contribution is 2.17. The van der Waals surface area contributed by atoms with Crippen LogP contribution >= 0.6 is 0 Å². The Balaban J connectivity index is 3.07. The molecule has 3 N–H and O–H groups in total. The number of carbonyl (C=O) groups excluding carboxylic acids is 1. The minimum Gasteiger partial charge on any atom is -0.351 e. The van der Waals surface area contributed by atoms with Crippen molar-refractivity contribution in [3.05, 3.63) is 29.6 Å². The quantitative estimate of drug-likeness (QED) is 0.660. The lowest BCUT2D eigenvalue weighted by atomic mass is 10.2. The largest absolute Gasteiger partial charge is 0.351 e. The van der Waals surface area contributed by atoms with E-state index in [0.29, 0.717) is 5.56 Å². The molecule has 0 spiro atoms. The number of rotatable bonds is 3. The minimum atomic E-state index is -2.64. The molecule has 0 unspecified atom stereocenters. The summed E-state index contributed by atoms with van der Waals surface area (Å²) in [6, 6.07) is 2.54. The molecule has 5 nitrogen and oxygen atoms in total. The molecule has 7 heteroatoms. The molecule has 2 amide bonds. The molecule has 1 aromatic rings. The zero-order valence-electron chi connectivity index (χ0n) is 7.57. The average Bonchev–Trinajstić information content (AvgIpc) is 2.08. The van der Waals surface area contributed by atoms with E-state index in [1.54, 1.807) is 0 Å². The molecule has 15 heavy (non-hydrogen) atoms. The van der Waals surface area contributed by atoms with Gasteiger partial charge in [0.25, 0.3) is 0 Å². The van der Waals surface area contributed by atoms with Crippen molar-refractivity contribution in [1.82, 2.24) is 0 Å². The first kappa shape index (κ1) is 11.4. The van der Waals surface area contributed by atoms with E-state index in [2.05, 4.69) is 5.32 Å². The highest BCUT2D eigenvalue weighted by molar-refractivity contribution is 7.71. The Kier molecular flexibility index (Phi) is 3.62. The second kappa shape index (κ2) is 4.74. The number of primary amides is 1. The maximum Gasteiger partial charge on any atom is 0.316 e. The van der Waals surface area contributed by atoms with Crippen LogP contribution < -0.4 is 11.1 Å². The van der Waals surface area contributed by atoms with E-state index in [0.717, 1.165) is 12.1 Å². The smallest absolute Gasteiger partial charge is 0.316 e. The Morgan fingerprint density at radius 2 is 2.13 bits per heavy atom. The zero-order chi connectivity index (χ0) is 11.4. The van der Waals surface area contributed by atoms with Crippen LogP contribution in [0.4, 0.5) is 14.9 Å². The zero-order valence-corrected chi connectivity index (χ0v) is 8.46. The van der Waals surface area contributed by atoms with Gasteiger partial charge in [-0.3, -0.25) is 0 Å². The van der Waals surface area contributed by atoms with Gasteiger partial charge >= 0.3 is 6.03 Å². The molecule has 1 aromatic carbocycles. The summed E-state index contributed by atoms with van der Waals surface area (Å²) in [6.45, 7) is 0. The number of benzene rings is 1. The molecule has 0 saturated carbocycles. The van der Waals surface area contributed by atoms with Gasteiger partial charge in [0.2, 0.25) is 0 Å². The van der Waals surface area contributed by atoms with Gasteiger partial charge in [0, 0.05) is 5.69 Å². The maximum atomic E-state index is 12.8. The monoisotopic (exact) mass is 232 g/mol. The summed E-state index contributed by atoms with van der Waals surface area (Å²) in [7, 11) is -2.64. The van der Waals surface area contributed by atoms with Crippen molar-refractivity contribution < 1.29 is 17.6 Å². The van der Waals surface area contributed by atoms with Crippen LogP contribution in [0.1, 0.15) is 5.56 Å². The van der Waals surface area contributed by atoms with Crippen molar-refractivity contribution in [3.8, 4) is 0 Å². The van der Waals surface area contributed by atoms with Gasteiger partial charge in [-0.25, -0.2) is 17.6 Å². The molecule has 82 valence electrons. The lowest BCUT2D eigenvalue weighted by molar-refractivity contribution is 0.259. The van der Waals surface area contributed by atoms with E-state index < -0.39 is 22.6 Å². The molecule has 0 bridgehead atoms. The van der Waals surface area contributed by atoms with Gasteiger partial charge in [0.05, 0.1) is 5.75 Å². The van der Waals surface area contributed by atoms with Crippen LogP contribution in [0.2, 0.25) is 0 Å². The number of amides is 2. The summed E-state index contributed by atoms with van der Waals surface area (Å²) in [5, 5.41) is 2.15. The number of nitrogens with two attached hydrogens (primary N) is 1. The van der Waals surface area contributed by atoms with Crippen molar-refractivity contribution in [2.24, 2.45) is 5.73 Å². The minimum absolute atomic E-state index is 0.0710. The van der Waals surface area contributed by atoms with Crippen molar-refractivity contribution in [2.75, 3.05) is 5.32 Å². The van der Waals surface area contributed by atoms with E-state index in [1.807, 2.05) is 0 Å². The Hall–Kier alpha value is -1.63. The summed E-state index contributed by atoms with van der Waals surface area (Å²) >= 11 is 0. The highest BCUT2D eigenvalue weighted by Gasteiger charge is 2.06. The maximum absolute atomic E-state index is 12.8. The third kappa shape index (κ3) is 3.55. The number of urea groups is 1. The van der Waals surface area contributed by atoms with Crippen molar-refractivity contribution in [3.63, 3.8) is 0 Å². The lowest BCUT2D eigenvalue weighted by Gasteiger charge is -2.06. The SMILES string of the molecule is NC(=O)Nc1cc(F)ccc1C[SH](=O)=O. The third-order valence-electron chi connectivity index (χ3n) is 1.63. The first-order chi connectivity index (χ1) is 6.99. The number of halogens is 1. The van der Waals surface area contributed by atoms with Crippen molar-refractivity contribution in [1.29, 1.82) is 0 Å². The number of anilines is 1. The summed E-state index contributed by atoms with van der Waals surface area (Å²) < 4.78 is 33.8. The molecule has 0 aliphatic heterocycles. The van der Waals surface area contributed by atoms with Gasteiger partial charge in [-0.15, -0.1) is 0 Å². The summed E-state index contributed by atoms with van der Waals surface area (Å²) in [5.74, 6) is -0.853. The Morgan fingerprint density at radius 1 is 1.47 bits per heavy atom. The molecular formula is C8H9FN2O3S. The topological polar surface area (TPSA) is 89.3 Å². The van der Waals surface area contributed by atoms with Crippen LogP contribution in [0.5, 0.6) is 0 Å². The molecule has 0 atom stereocenters. The van der Waals surface area contributed by atoms with Gasteiger partial charge in [-0.05, 0) is 17.7 Å². The molecular weight excluding hydrogens is 223 g/mol. The van der Waals surface area contributed by atoms with Gasteiger partial charge in [0.15, 0.2) is 0 Å². The number of hydrogen-bond acceptors (Lipinski definition) is 3. The van der Waals surface area contributed by atoms with Crippen LogP contribution in [0.15, 0.2) is 18.2 Å². The van der Waals surface area contributed by atoms with Crippen LogP contribution in [0.3, 0.4) is 0 Å². The summed E-state index contributed by atoms with van der Waals surface area (Å²) in [5.41, 5.74) is 5.22. The average molecular weight is 232 g/mol. The van der Waals surface area contributed by atoms with E-state index in [9.17, 15) is 17.6 Å². The number of hydrogen-bond donors (Lipinski definition) is 3. The molecule has 0 fully saturated rings. The Bertz CT molecular complexity index is 451. The van der Waals surface area contributed by atoms with Gasteiger partial charge in [0.1, 0.15) is 16.5 Å². The van der Waals surface area contributed by atoms with Crippen molar-refractivity contribution in [2.45, 2.75) is 5.75 Å². The fraction of sp³-hybridized carbons (Fsp3) is 0.125. The van der Waals surface area contributed by atoms with Crippen LogP contribution in [-0.2, 0) is 16.5 Å². The second-order valence-electron chi connectivity index (χ2n) is 2.78. The van der Waals surface area contributed by atoms with Crippen LogP contribution in [0, 0.1) is 5.82 Å². The lowest BCUT2D eigenvalue weighted by Crippen LogP contribution is -2.20. The van der Waals surface area contributed by atoms with E-state index in [4.69, 9.17) is 5.73 Å². The van der Waals surface area contributed by atoms with E-state index >= 15 is 0 Å². The van der Waals surface area contributed by atoms with Crippen LogP contribution in [0.25, 0.3) is 0 Å². The van der Waals surface area contributed by atoms with Crippen LogP contribution in [-0.4, -0.2) is 14.4 Å². The summed E-state index contributed by atoms with van der Waals surface area (Å²) in [6.07, 6.45) is 0. The highest BCUT2D eigenvalue weighted by atomic mass is 32.2. The third-order valence-corrected chi connectivity index (χ3v) is 2.23. The predicted molar refractivity (Wildman–Crippen MR) is 53.6 cm³/mol. The number of carbonyl (C=O) groups is 1. The Labute approximate surface area is 87.0 Å². The molecule has 0 aliphatic carbocycles. The Morgan fingerprint density at radius 3 is 2.67 bits per heavy atom. The van der Waals surface area contributed by atoms with Gasteiger partial charge < -0.3 is 11.1 Å². The van der Waals surface area contributed by atoms with Crippen molar-refractivity contribution >= 4 is 22.4 Å². The molecule has 0 aromatic heterocycles. The standard InChI is InChI=1S/C8H9FN2O3S/c9-6-2-1-5(4-15(13)14)7(3-6)11-8(10)12/h1-3,15H,4H2,(H3,10,11,12). The first-order valence-corrected chi connectivity index (χ1v) is 5.32. The number of nitrogens with one attached hydrogen (secondary N) is 1. The second-order valence-corrected chi connectivity index (χ2v) is 3.76. The van der Waals surface area contributed by atoms with Gasteiger partial charge in [-0.1, -0.05) is 6.07 Å². The fourth-order valence-corrected chi connectivity index (χ4v) is 1.63. The molecule has 0 heterocycles. The van der Waals surface area contributed by atoms with Gasteiger partial charge in [-0.2, -0.15) is 0 Å². The van der Waals surface area contributed by atoms with E-state index in [1.165, 1.54) is 6.07 Å². The summed E-state index contributed by atoms with van der Waals surface area (Å²) in [4.78, 5) is 10.6. The molecule has 0 saturated heterocycles. The molecule has 1 rings (SSSR count). The predicted octanol–water partition coefficient (Wildman–Crippen LogP) is 0.428.